The van der Waals surface area contributed by atoms with E-state index in [1.165, 1.54) is 25.0 Å². The molecule has 1 spiro atoms. The van der Waals surface area contributed by atoms with Crippen LogP contribution in [0.15, 0.2) is 30.5 Å². The SMILES string of the molecule is CC(C(=O)NCc1ccc(F)cc1)n1cc(C2CC3(CC3)CN2)nn1. The Morgan fingerprint density at radius 3 is 2.88 bits per heavy atom. The molecule has 2 aromatic rings. The van der Waals surface area contributed by atoms with Gasteiger partial charge in [-0.2, -0.15) is 0 Å². The van der Waals surface area contributed by atoms with E-state index in [1.807, 2.05) is 6.20 Å². The minimum absolute atomic E-state index is 0.140. The lowest BCUT2D eigenvalue weighted by molar-refractivity contribution is -0.124. The van der Waals surface area contributed by atoms with Crippen molar-refractivity contribution in [2.45, 2.75) is 44.8 Å². The van der Waals surface area contributed by atoms with Crippen molar-refractivity contribution in [3.63, 3.8) is 0 Å². The van der Waals surface area contributed by atoms with Crippen LogP contribution in [0, 0.1) is 11.2 Å². The maximum atomic E-state index is 12.9. The van der Waals surface area contributed by atoms with Crippen LogP contribution in [0.2, 0.25) is 0 Å². The molecular weight excluding hydrogens is 321 g/mol. The van der Waals surface area contributed by atoms with Crippen LogP contribution >= 0.6 is 0 Å². The highest BCUT2D eigenvalue weighted by Crippen LogP contribution is 2.54. The fourth-order valence-corrected chi connectivity index (χ4v) is 3.38. The number of carbonyl (C=O) groups excluding carboxylic acids is 1. The first-order valence-corrected chi connectivity index (χ1v) is 8.72. The summed E-state index contributed by atoms with van der Waals surface area (Å²) in [7, 11) is 0. The number of hydrogen-bond donors (Lipinski definition) is 2. The molecule has 1 aliphatic heterocycles. The van der Waals surface area contributed by atoms with Crippen LogP contribution in [0.25, 0.3) is 0 Å². The number of benzene rings is 1. The summed E-state index contributed by atoms with van der Waals surface area (Å²) in [6, 6.07) is 5.88. The molecule has 1 aromatic heterocycles. The Balaban J connectivity index is 1.34. The van der Waals surface area contributed by atoms with Crippen LogP contribution in [-0.2, 0) is 11.3 Å². The van der Waals surface area contributed by atoms with Crippen molar-refractivity contribution in [3.05, 3.63) is 47.5 Å². The summed E-state index contributed by atoms with van der Waals surface area (Å²) in [5.41, 5.74) is 2.25. The average molecular weight is 343 g/mol. The predicted molar refractivity (Wildman–Crippen MR) is 90.0 cm³/mol. The number of nitrogens with one attached hydrogen (secondary N) is 2. The summed E-state index contributed by atoms with van der Waals surface area (Å²) < 4.78 is 14.5. The number of carbonyl (C=O) groups is 1. The zero-order chi connectivity index (χ0) is 17.4. The monoisotopic (exact) mass is 343 g/mol. The summed E-state index contributed by atoms with van der Waals surface area (Å²) in [6.07, 6.45) is 5.57. The van der Waals surface area contributed by atoms with E-state index in [-0.39, 0.29) is 17.8 Å². The summed E-state index contributed by atoms with van der Waals surface area (Å²) in [5, 5.41) is 14.7. The summed E-state index contributed by atoms with van der Waals surface area (Å²) in [5.74, 6) is -0.425. The number of rotatable bonds is 5. The lowest BCUT2D eigenvalue weighted by Crippen LogP contribution is -2.30. The molecule has 7 heteroatoms. The lowest BCUT2D eigenvalue weighted by Gasteiger charge is -2.12. The zero-order valence-corrected chi connectivity index (χ0v) is 14.2. The quantitative estimate of drug-likeness (QED) is 0.872. The Bertz CT molecular complexity index is 768. The normalized spacial score (nSPS) is 22.1. The van der Waals surface area contributed by atoms with E-state index in [2.05, 4.69) is 20.9 Å². The second kappa shape index (κ2) is 6.22. The topological polar surface area (TPSA) is 71.8 Å². The van der Waals surface area contributed by atoms with Gasteiger partial charge in [0, 0.05) is 13.1 Å². The van der Waals surface area contributed by atoms with Crippen LogP contribution in [0.4, 0.5) is 4.39 Å². The first-order chi connectivity index (χ1) is 12.0. The third kappa shape index (κ3) is 3.42. The second-order valence-electron chi connectivity index (χ2n) is 7.28. The van der Waals surface area contributed by atoms with Crippen molar-refractivity contribution in [1.82, 2.24) is 25.6 Å². The predicted octanol–water partition coefficient (Wildman–Crippen LogP) is 2.11. The van der Waals surface area contributed by atoms with Gasteiger partial charge in [0.2, 0.25) is 5.91 Å². The van der Waals surface area contributed by atoms with Gasteiger partial charge >= 0.3 is 0 Å². The van der Waals surface area contributed by atoms with Crippen molar-refractivity contribution in [2.75, 3.05) is 6.54 Å². The van der Waals surface area contributed by atoms with Crippen LogP contribution in [0.1, 0.15) is 49.5 Å². The number of nitrogens with zero attached hydrogens (tertiary/aromatic N) is 3. The molecule has 132 valence electrons. The molecule has 1 saturated heterocycles. The molecule has 0 radical (unpaired) electrons. The van der Waals surface area contributed by atoms with E-state index in [4.69, 9.17) is 0 Å². The largest absolute Gasteiger partial charge is 0.350 e. The van der Waals surface area contributed by atoms with Gasteiger partial charge < -0.3 is 10.6 Å². The molecule has 6 nitrogen and oxygen atoms in total. The summed E-state index contributed by atoms with van der Waals surface area (Å²) >= 11 is 0. The first-order valence-electron chi connectivity index (χ1n) is 8.72. The molecule has 2 heterocycles. The highest BCUT2D eigenvalue weighted by Gasteiger charge is 2.49. The molecule has 2 aliphatic rings. The summed E-state index contributed by atoms with van der Waals surface area (Å²) in [6.45, 7) is 3.21. The molecule has 2 unspecified atom stereocenters. The van der Waals surface area contributed by atoms with E-state index < -0.39 is 6.04 Å². The molecule has 4 rings (SSSR count). The van der Waals surface area contributed by atoms with Gasteiger partial charge in [0.1, 0.15) is 11.9 Å². The standard InChI is InChI=1S/C18H22FN5O/c1-12(17(25)20-9-13-2-4-14(19)5-3-13)24-10-16(22-23-24)15-8-18(6-7-18)11-21-15/h2-5,10,12,15,21H,6-9,11H2,1H3,(H,20,25). The molecule has 2 N–H and O–H groups in total. The van der Waals surface area contributed by atoms with Gasteiger partial charge in [0.25, 0.3) is 0 Å². The Kier molecular flexibility index (Phi) is 4.03. The minimum Gasteiger partial charge on any atom is -0.350 e. The highest BCUT2D eigenvalue weighted by molar-refractivity contribution is 5.79. The number of halogens is 1. The Hall–Kier alpha value is -2.28. The maximum absolute atomic E-state index is 12.9. The van der Waals surface area contributed by atoms with Crippen LogP contribution in [0.3, 0.4) is 0 Å². The van der Waals surface area contributed by atoms with Gasteiger partial charge in [-0.05, 0) is 49.3 Å². The van der Waals surface area contributed by atoms with Gasteiger partial charge in [-0.25, -0.2) is 9.07 Å². The number of hydrogen-bond acceptors (Lipinski definition) is 4. The van der Waals surface area contributed by atoms with Gasteiger partial charge in [-0.1, -0.05) is 17.3 Å². The average Bonchev–Trinajstić information content (AvgIpc) is 3.02. The van der Waals surface area contributed by atoms with Crippen LogP contribution in [0.5, 0.6) is 0 Å². The second-order valence-corrected chi connectivity index (χ2v) is 7.28. The van der Waals surface area contributed by atoms with Crippen molar-refractivity contribution in [2.24, 2.45) is 5.41 Å². The van der Waals surface area contributed by atoms with Gasteiger partial charge in [-0.15, -0.1) is 5.10 Å². The number of aromatic nitrogens is 3. The molecular formula is C18H22FN5O. The number of amides is 1. The Morgan fingerprint density at radius 1 is 1.44 bits per heavy atom. The van der Waals surface area contributed by atoms with E-state index in [0.29, 0.717) is 12.0 Å². The molecule has 1 aliphatic carbocycles. The van der Waals surface area contributed by atoms with Gasteiger partial charge in [0.05, 0.1) is 17.9 Å². The van der Waals surface area contributed by atoms with Crippen LogP contribution in [-0.4, -0.2) is 27.4 Å². The lowest BCUT2D eigenvalue weighted by atomic mass is 10.0. The Morgan fingerprint density at radius 2 is 2.20 bits per heavy atom. The third-order valence-electron chi connectivity index (χ3n) is 5.36. The fraction of sp³-hybridized carbons (Fsp3) is 0.500. The van der Waals surface area contributed by atoms with Crippen molar-refractivity contribution in [1.29, 1.82) is 0 Å². The maximum Gasteiger partial charge on any atom is 0.244 e. The zero-order valence-electron chi connectivity index (χ0n) is 14.2. The van der Waals surface area contributed by atoms with E-state index >= 15 is 0 Å². The summed E-state index contributed by atoms with van der Waals surface area (Å²) in [4.78, 5) is 12.3. The van der Waals surface area contributed by atoms with Gasteiger partial charge in [0.15, 0.2) is 0 Å². The molecule has 1 aromatic carbocycles. The first kappa shape index (κ1) is 16.2. The molecule has 2 atom stereocenters. The molecule has 25 heavy (non-hydrogen) atoms. The van der Waals surface area contributed by atoms with E-state index in [1.54, 1.807) is 23.7 Å². The molecule has 2 fully saturated rings. The highest BCUT2D eigenvalue weighted by atomic mass is 19.1. The minimum atomic E-state index is -0.446. The Labute approximate surface area is 145 Å². The van der Waals surface area contributed by atoms with Crippen molar-refractivity contribution < 1.29 is 9.18 Å². The smallest absolute Gasteiger partial charge is 0.244 e. The van der Waals surface area contributed by atoms with Gasteiger partial charge in [-0.3, -0.25) is 4.79 Å². The fourth-order valence-electron chi connectivity index (χ4n) is 3.38. The molecule has 1 saturated carbocycles. The van der Waals surface area contributed by atoms with E-state index in [9.17, 15) is 9.18 Å². The molecule has 0 bridgehead atoms. The van der Waals surface area contributed by atoms with Crippen molar-refractivity contribution >= 4 is 5.91 Å². The third-order valence-corrected chi connectivity index (χ3v) is 5.36. The van der Waals surface area contributed by atoms with Crippen molar-refractivity contribution in [3.8, 4) is 0 Å². The van der Waals surface area contributed by atoms with Crippen LogP contribution < -0.4 is 10.6 Å². The molecule has 1 amide bonds. The van der Waals surface area contributed by atoms with E-state index in [0.717, 1.165) is 24.2 Å².